The number of carbonyl (C=O) groups is 3. The van der Waals surface area contributed by atoms with Crippen molar-refractivity contribution in [3.8, 4) is 0 Å². The summed E-state index contributed by atoms with van der Waals surface area (Å²) in [5.74, 6) is -1.79. The number of anilines is 1. The Morgan fingerprint density at radius 2 is 1.87 bits per heavy atom. The van der Waals surface area contributed by atoms with Crippen LogP contribution in [-0.4, -0.2) is 54.5 Å². The summed E-state index contributed by atoms with van der Waals surface area (Å²) in [4.78, 5) is 38.1. The highest BCUT2D eigenvalue weighted by molar-refractivity contribution is 7.16. The number of carbonyl (C=O) groups excluding carboxylic acids is 2. The van der Waals surface area contributed by atoms with Crippen LogP contribution in [0.3, 0.4) is 0 Å². The van der Waals surface area contributed by atoms with Gasteiger partial charge < -0.3 is 20.6 Å². The van der Waals surface area contributed by atoms with E-state index in [9.17, 15) is 14.4 Å². The quantitative estimate of drug-likeness (QED) is 0.697. The van der Waals surface area contributed by atoms with Crippen LogP contribution in [0.5, 0.6) is 0 Å². The molecule has 1 aromatic rings. The van der Waals surface area contributed by atoms with Crippen LogP contribution in [0.25, 0.3) is 0 Å². The minimum Gasteiger partial charge on any atom is -0.480 e. The molecule has 0 aromatic carbocycles. The fraction of sp³-hybridized carbons (Fsp3) is 0.533. The van der Waals surface area contributed by atoms with E-state index < -0.39 is 17.9 Å². The van der Waals surface area contributed by atoms with Gasteiger partial charge >= 0.3 is 5.97 Å². The summed E-state index contributed by atoms with van der Waals surface area (Å²) in [5.41, 5.74) is 1.08. The van der Waals surface area contributed by atoms with Crippen molar-refractivity contribution in [3.63, 3.8) is 0 Å². The number of amides is 2. The molecule has 0 aliphatic rings. The Hall–Kier alpha value is -1.93. The number of aliphatic carboxylic acids is 1. The molecule has 1 heterocycles. The van der Waals surface area contributed by atoms with Gasteiger partial charge in [0.05, 0.1) is 12.1 Å². The molecule has 3 N–H and O–H groups in total. The number of hydrogen-bond donors (Lipinski definition) is 3. The zero-order valence-electron chi connectivity index (χ0n) is 14.0. The van der Waals surface area contributed by atoms with Gasteiger partial charge in [0.15, 0.2) is 0 Å². The van der Waals surface area contributed by atoms with Crippen molar-refractivity contribution in [1.82, 2.24) is 10.2 Å². The van der Waals surface area contributed by atoms with Crippen LogP contribution >= 0.6 is 11.3 Å². The van der Waals surface area contributed by atoms with Crippen LogP contribution in [0.4, 0.5) is 5.00 Å². The summed E-state index contributed by atoms with van der Waals surface area (Å²) in [6, 6.07) is -0.951. The predicted octanol–water partition coefficient (Wildman–Crippen LogP) is 1.46. The SMILES string of the molecule is CCC(NC(=O)c1c(NC(=O)CN(C)C)sc(C)c1C)C(=O)O. The molecule has 0 saturated carbocycles. The Balaban J connectivity index is 3.03. The Morgan fingerprint density at radius 3 is 2.35 bits per heavy atom. The molecule has 1 rings (SSSR count). The number of carboxylic acids is 1. The minimum absolute atomic E-state index is 0.198. The van der Waals surface area contributed by atoms with Gasteiger partial charge in [-0.05, 0) is 39.9 Å². The monoisotopic (exact) mass is 341 g/mol. The Morgan fingerprint density at radius 1 is 1.26 bits per heavy atom. The summed E-state index contributed by atoms with van der Waals surface area (Å²) < 4.78 is 0. The summed E-state index contributed by atoms with van der Waals surface area (Å²) in [5, 5.41) is 14.8. The van der Waals surface area contributed by atoms with Gasteiger partial charge in [0.2, 0.25) is 5.91 Å². The van der Waals surface area contributed by atoms with E-state index in [0.717, 1.165) is 10.4 Å². The first-order valence-corrected chi connectivity index (χ1v) is 8.07. The van der Waals surface area contributed by atoms with Crippen molar-refractivity contribution in [2.45, 2.75) is 33.2 Å². The van der Waals surface area contributed by atoms with E-state index in [4.69, 9.17) is 5.11 Å². The molecule has 0 radical (unpaired) electrons. The Labute approximate surface area is 139 Å². The molecule has 0 fully saturated rings. The molecular formula is C15H23N3O4S. The van der Waals surface area contributed by atoms with Crippen molar-refractivity contribution in [2.24, 2.45) is 0 Å². The zero-order valence-corrected chi connectivity index (χ0v) is 14.8. The first kappa shape index (κ1) is 19.1. The molecule has 0 bridgehead atoms. The number of hydrogen-bond acceptors (Lipinski definition) is 5. The number of likely N-dealkylation sites (N-methyl/N-ethyl adjacent to an activating group) is 1. The molecule has 1 aromatic heterocycles. The summed E-state index contributed by atoms with van der Waals surface area (Å²) in [6.07, 6.45) is 0.283. The molecule has 0 spiro atoms. The Bertz CT molecular complexity index is 610. The van der Waals surface area contributed by atoms with Gasteiger partial charge in [-0.15, -0.1) is 11.3 Å². The molecule has 8 heteroatoms. The van der Waals surface area contributed by atoms with E-state index in [-0.39, 0.29) is 18.9 Å². The minimum atomic E-state index is -1.08. The second-order valence-corrected chi connectivity index (χ2v) is 6.77. The van der Waals surface area contributed by atoms with E-state index in [1.165, 1.54) is 11.3 Å². The van der Waals surface area contributed by atoms with Crippen molar-refractivity contribution >= 4 is 34.1 Å². The van der Waals surface area contributed by atoms with E-state index in [2.05, 4.69) is 10.6 Å². The van der Waals surface area contributed by atoms with E-state index in [1.807, 2.05) is 6.92 Å². The highest BCUT2D eigenvalue weighted by atomic mass is 32.1. The third kappa shape index (κ3) is 5.04. The first-order valence-electron chi connectivity index (χ1n) is 7.25. The van der Waals surface area contributed by atoms with Crippen molar-refractivity contribution in [2.75, 3.05) is 26.0 Å². The molecule has 23 heavy (non-hydrogen) atoms. The fourth-order valence-corrected chi connectivity index (χ4v) is 3.08. The third-order valence-electron chi connectivity index (χ3n) is 3.34. The average molecular weight is 341 g/mol. The lowest BCUT2D eigenvalue weighted by molar-refractivity contribution is -0.139. The van der Waals surface area contributed by atoms with Crippen molar-refractivity contribution < 1.29 is 19.5 Å². The lowest BCUT2D eigenvalue weighted by atomic mass is 10.1. The smallest absolute Gasteiger partial charge is 0.326 e. The van der Waals surface area contributed by atoms with E-state index >= 15 is 0 Å². The molecule has 7 nitrogen and oxygen atoms in total. The highest BCUT2D eigenvalue weighted by Crippen LogP contribution is 2.32. The summed E-state index contributed by atoms with van der Waals surface area (Å²) in [7, 11) is 3.55. The van der Waals surface area contributed by atoms with Gasteiger partial charge in [0, 0.05) is 4.88 Å². The third-order valence-corrected chi connectivity index (χ3v) is 4.46. The number of rotatable bonds is 7. The maximum Gasteiger partial charge on any atom is 0.326 e. The van der Waals surface area contributed by atoms with Gasteiger partial charge in [-0.2, -0.15) is 0 Å². The second kappa shape index (κ2) is 8.07. The summed E-state index contributed by atoms with van der Waals surface area (Å²) >= 11 is 1.31. The van der Waals surface area contributed by atoms with Gasteiger partial charge in [-0.3, -0.25) is 9.59 Å². The van der Waals surface area contributed by atoms with Crippen LogP contribution in [0, 0.1) is 13.8 Å². The number of nitrogens with one attached hydrogen (secondary N) is 2. The molecule has 0 saturated heterocycles. The van der Waals surface area contributed by atoms with Gasteiger partial charge in [0.1, 0.15) is 11.0 Å². The maximum absolute atomic E-state index is 12.4. The van der Waals surface area contributed by atoms with E-state index in [1.54, 1.807) is 32.8 Å². The second-order valence-electron chi connectivity index (χ2n) is 5.55. The maximum atomic E-state index is 12.4. The molecule has 128 valence electrons. The largest absolute Gasteiger partial charge is 0.480 e. The Kier molecular flexibility index (Phi) is 6.71. The predicted molar refractivity (Wildman–Crippen MR) is 90.2 cm³/mol. The highest BCUT2D eigenvalue weighted by Gasteiger charge is 2.25. The topological polar surface area (TPSA) is 98.7 Å². The summed E-state index contributed by atoms with van der Waals surface area (Å²) in [6.45, 7) is 5.52. The van der Waals surface area contributed by atoms with Crippen LogP contribution in [-0.2, 0) is 9.59 Å². The van der Waals surface area contributed by atoms with Gasteiger partial charge in [-0.25, -0.2) is 4.79 Å². The molecular weight excluding hydrogens is 318 g/mol. The van der Waals surface area contributed by atoms with Gasteiger partial charge in [-0.1, -0.05) is 6.92 Å². The van der Waals surface area contributed by atoms with Crippen LogP contribution in [0.1, 0.15) is 34.1 Å². The van der Waals surface area contributed by atoms with Crippen molar-refractivity contribution in [3.05, 3.63) is 16.0 Å². The van der Waals surface area contributed by atoms with Gasteiger partial charge in [0.25, 0.3) is 5.91 Å². The number of nitrogens with zero attached hydrogens (tertiary/aromatic N) is 1. The molecule has 2 amide bonds. The number of carboxylic acid groups (broad SMARTS) is 1. The average Bonchev–Trinajstić information content (AvgIpc) is 2.69. The lowest BCUT2D eigenvalue weighted by Gasteiger charge is -2.14. The molecule has 0 aliphatic heterocycles. The number of aryl methyl sites for hydroxylation is 1. The van der Waals surface area contributed by atoms with E-state index in [0.29, 0.717) is 10.6 Å². The van der Waals surface area contributed by atoms with Crippen molar-refractivity contribution in [1.29, 1.82) is 0 Å². The molecule has 1 atom stereocenters. The first-order chi connectivity index (χ1) is 10.7. The lowest BCUT2D eigenvalue weighted by Crippen LogP contribution is -2.40. The van der Waals surface area contributed by atoms with Crippen LogP contribution in [0.2, 0.25) is 0 Å². The normalized spacial score (nSPS) is 12.1. The zero-order chi connectivity index (χ0) is 17.7. The van der Waals surface area contributed by atoms with Crippen LogP contribution < -0.4 is 10.6 Å². The molecule has 1 unspecified atom stereocenters. The molecule has 0 aliphatic carbocycles. The number of thiophene rings is 1. The fourth-order valence-electron chi connectivity index (χ4n) is 2.01. The standard InChI is InChI=1S/C15H23N3O4S/c1-6-10(15(21)22)16-13(20)12-8(2)9(3)23-14(12)17-11(19)7-18(4)5/h10H,6-7H2,1-5H3,(H,16,20)(H,17,19)(H,21,22). The van der Waals surface area contributed by atoms with Crippen LogP contribution in [0.15, 0.2) is 0 Å².